The van der Waals surface area contributed by atoms with Gasteiger partial charge < -0.3 is 11.1 Å². The van der Waals surface area contributed by atoms with Gasteiger partial charge in [-0.1, -0.05) is 0 Å². The first-order valence-electron chi connectivity index (χ1n) is 4.91. The molecule has 0 fully saturated rings. The van der Waals surface area contributed by atoms with E-state index in [0.29, 0.717) is 13.1 Å². The van der Waals surface area contributed by atoms with Crippen molar-refractivity contribution in [3.05, 3.63) is 18.0 Å². The average molecular weight is 247 g/mol. The van der Waals surface area contributed by atoms with Crippen LogP contribution >= 0.6 is 12.4 Å². The standard InChI is InChI=1S/C10H18N4O.ClH/c1-10(2,7-11)9(15)12-4-8-5-13-14(3)6-8;/h5-6H,4,7,11H2,1-3H3,(H,12,15);1H. The molecule has 0 saturated heterocycles. The third kappa shape index (κ3) is 3.83. The quantitative estimate of drug-likeness (QED) is 0.810. The molecule has 0 atom stereocenters. The van der Waals surface area contributed by atoms with E-state index in [-0.39, 0.29) is 18.3 Å². The molecule has 16 heavy (non-hydrogen) atoms. The number of rotatable bonds is 4. The molecule has 3 N–H and O–H groups in total. The summed E-state index contributed by atoms with van der Waals surface area (Å²) in [4.78, 5) is 11.7. The van der Waals surface area contributed by atoms with E-state index in [1.54, 1.807) is 10.9 Å². The zero-order valence-corrected chi connectivity index (χ0v) is 10.7. The number of aryl methyl sites for hydroxylation is 1. The van der Waals surface area contributed by atoms with Gasteiger partial charge in [0.2, 0.25) is 5.91 Å². The summed E-state index contributed by atoms with van der Waals surface area (Å²) >= 11 is 0. The highest BCUT2D eigenvalue weighted by Gasteiger charge is 2.25. The summed E-state index contributed by atoms with van der Waals surface area (Å²) < 4.78 is 1.70. The molecule has 5 nitrogen and oxygen atoms in total. The summed E-state index contributed by atoms with van der Waals surface area (Å²) in [5, 5.41) is 6.85. The number of halogens is 1. The number of amides is 1. The maximum absolute atomic E-state index is 11.7. The molecule has 0 radical (unpaired) electrons. The van der Waals surface area contributed by atoms with Crippen LogP contribution in [0.25, 0.3) is 0 Å². The summed E-state index contributed by atoms with van der Waals surface area (Å²) in [5.41, 5.74) is 5.98. The summed E-state index contributed by atoms with van der Waals surface area (Å²) in [6, 6.07) is 0. The first-order chi connectivity index (χ1) is 6.95. The number of nitrogens with one attached hydrogen (secondary N) is 1. The number of carbonyl (C=O) groups is 1. The largest absolute Gasteiger partial charge is 0.351 e. The summed E-state index contributed by atoms with van der Waals surface area (Å²) in [7, 11) is 1.84. The summed E-state index contributed by atoms with van der Waals surface area (Å²) in [6.07, 6.45) is 3.60. The van der Waals surface area contributed by atoms with Crippen molar-refractivity contribution in [3.63, 3.8) is 0 Å². The third-order valence-electron chi connectivity index (χ3n) is 2.34. The Kier molecular flexibility index (Phi) is 5.47. The summed E-state index contributed by atoms with van der Waals surface area (Å²) in [6.45, 7) is 4.49. The van der Waals surface area contributed by atoms with Gasteiger partial charge in [-0.15, -0.1) is 12.4 Å². The monoisotopic (exact) mass is 246 g/mol. The lowest BCUT2D eigenvalue weighted by Crippen LogP contribution is -2.41. The van der Waals surface area contributed by atoms with E-state index in [1.165, 1.54) is 0 Å². The van der Waals surface area contributed by atoms with E-state index in [2.05, 4.69) is 10.4 Å². The Hall–Kier alpha value is -1.07. The first-order valence-corrected chi connectivity index (χ1v) is 4.91. The van der Waals surface area contributed by atoms with Gasteiger partial charge >= 0.3 is 0 Å². The number of hydrogen-bond donors (Lipinski definition) is 2. The smallest absolute Gasteiger partial charge is 0.227 e. The fourth-order valence-corrected chi connectivity index (χ4v) is 1.08. The van der Waals surface area contributed by atoms with E-state index in [1.807, 2.05) is 27.1 Å². The van der Waals surface area contributed by atoms with Crippen molar-refractivity contribution in [1.29, 1.82) is 0 Å². The highest BCUT2D eigenvalue weighted by Crippen LogP contribution is 2.12. The van der Waals surface area contributed by atoms with Crippen LogP contribution < -0.4 is 11.1 Å². The van der Waals surface area contributed by atoms with Crippen LogP contribution in [0, 0.1) is 5.41 Å². The van der Waals surface area contributed by atoms with Gasteiger partial charge in [0, 0.05) is 31.9 Å². The molecule has 0 aromatic carbocycles. The Morgan fingerprint density at radius 1 is 1.62 bits per heavy atom. The topological polar surface area (TPSA) is 72.9 Å². The predicted molar refractivity (Wildman–Crippen MR) is 65.1 cm³/mol. The van der Waals surface area contributed by atoms with Gasteiger partial charge in [-0.2, -0.15) is 5.10 Å². The van der Waals surface area contributed by atoms with Gasteiger partial charge in [0.15, 0.2) is 0 Å². The zero-order valence-electron chi connectivity index (χ0n) is 9.86. The second-order valence-corrected chi connectivity index (χ2v) is 4.29. The minimum absolute atomic E-state index is 0. The molecule has 1 aromatic heterocycles. The van der Waals surface area contributed by atoms with Crippen LogP contribution in [0.2, 0.25) is 0 Å². The van der Waals surface area contributed by atoms with Crippen LogP contribution in [0.1, 0.15) is 19.4 Å². The molecule has 0 bridgehead atoms. The molecule has 0 aliphatic carbocycles. The molecule has 0 unspecified atom stereocenters. The number of aromatic nitrogens is 2. The lowest BCUT2D eigenvalue weighted by Gasteiger charge is -2.20. The maximum atomic E-state index is 11.7. The van der Waals surface area contributed by atoms with Gasteiger partial charge in [-0.3, -0.25) is 9.48 Å². The van der Waals surface area contributed by atoms with Crippen LogP contribution in [-0.2, 0) is 18.4 Å². The second-order valence-electron chi connectivity index (χ2n) is 4.29. The SMILES string of the molecule is Cl.Cn1cc(CNC(=O)C(C)(C)CN)cn1. The Bertz CT molecular complexity index is 348. The van der Waals surface area contributed by atoms with Gasteiger partial charge in [0.25, 0.3) is 0 Å². The first kappa shape index (κ1) is 14.9. The molecular weight excluding hydrogens is 228 g/mol. The fourth-order valence-electron chi connectivity index (χ4n) is 1.08. The van der Waals surface area contributed by atoms with E-state index < -0.39 is 5.41 Å². The van der Waals surface area contributed by atoms with E-state index in [9.17, 15) is 4.79 Å². The van der Waals surface area contributed by atoms with Crippen LogP contribution in [0.4, 0.5) is 0 Å². The molecule has 0 spiro atoms. The average Bonchev–Trinajstić information content (AvgIpc) is 2.60. The molecule has 0 saturated carbocycles. The molecule has 92 valence electrons. The Balaban J connectivity index is 0.00000225. The molecule has 0 aliphatic heterocycles. The van der Waals surface area contributed by atoms with Crippen LogP contribution in [-0.4, -0.2) is 22.2 Å². The van der Waals surface area contributed by atoms with Gasteiger partial charge in [-0.25, -0.2) is 0 Å². The lowest BCUT2D eigenvalue weighted by atomic mass is 9.93. The van der Waals surface area contributed by atoms with Crippen LogP contribution in [0.15, 0.2) is 12.4 Å². The van der Waals surface area contributed by atoms with Gasteiger partial charge in [-0.05, 0) is 13.8 Å². The lowest BCUT2D eigenvalue weighted by molar-refractivity contribution is -0.129. The number of nitrogens with zero attached hydrogens (tertiary/aromatic N) is 2. The van der Waals surface area contributed by atoms with Crippen LogP contribution in [0.3, 0.4) is 0 Å². The number of nitrogens with two attached hydrogens (primary N) is 1. The molecular formula is C10H19ClN4O. The van der Waals surface area contributed by atoms with Crippen molar-refractivity contribution in [2.75, 3.05) is 6.54 Å². The van der Waals surface area contributed by atoms with E-state index in [0.717, 1.165) is 5.56 Å². The minimum atomic E-state index is -0.512. The van der Waals surface area contributed by atoms with Crippen molar-refractivity contribution in [3.8, 4) is 0 Å². The Morgan fingerprint density at radius 2 is 2.25 bits per heavy atom. The third-order valence-corrected chi connectivity index (χ3v) is 2.34. The van der Waals surface area contributed by atoms with Crippen LogP contribution in [0.5, 0.6) is 0 Å². The van der Waals surface area contributed by atoms with Gasteiger partial charge in [0.05, 0.1) is 11.6 Å². The summed E-state index contributed by atoms with van der Waals surface area (Å²) in [5.74, 6) is -0.0335. The van der Waals surface area contributed by atoms with E-state index >= 15 is 0 Å². The molecule has 0 aliphatic rings. The van der Waals surface area contributed by atoms with Crippen molar-refractivity contribution < 1.29 is 4.79 Å². The predicted octanol–water partition coefficient (Wildman–Crippen LogP) is 0.443. The minimum Gasteiger partial charge on any atom is -0.351 e. The molecule has 1 heterocycles. The van der Waals surface area contributed by atoms with Crippen molar-refractivity contribution in [2.45, 2.75) is 20.4 Å². The Morgan fingerprint density at radius 3 is 2.69 bits per heavy atom. The van der Waals surface area contributed by atoms with Gasteiger partial charge in [0.1, 0.15) is 0 Å². The molecule has 1 amide bonds. The molecule has 1 aromatic rings. The highest BCUT2D eigenvalue weighted by molar-refractivity contribution is 5.85. The number of hydrogen-bond acceptors (Lipinski definition) is 3. The molecule has 6 heteroatoms. The van der Waals surface area contributed by atoms with Crippen molar-refractivity contribution in [2.24, 2.45) is 18.2 Å². The second kappa shape index (κ2) is 5.86. The Labute approximate surface area is 102 Å². The van der Waals surface area contributed by atoms with Crippen molar-refractivity contribution >= 4 is 18.3 Å². The highest BCUT2D eigenvalue weighted by atomic mass is 35.5. The fraction of sp³-hybridized carbons (Fsp3) is 0.600. The van der Waals surface area contributed by atoms with Crippen molar-refractivity contribution in [1.82, 2.24) is 15.1 Å². The maximum Gasteiger partial charge on any atom is 0.227 e. The molecule has 1 rings (SSSR count). The normalized spacial score (nSPS) is 10.8. The zero-order chi connectivity index (χ0) is 11.5. The van der Waals surface area contributed by atoms with E-state index in [4.69, 9.17) is 5.73 Å². The number of carbonyl (C=O) groups excluding carboxylic acids is 1.